The largest absolute Gasteiger partial charge is 0.494 e. The molecule has 3 aromatic rings. The Hall–Kier alpha value is -1.78. The number of thiazole rings is 1. The molecule has 0 saturated heterocycles. The van der Waals surface area contributed by atoms with Crippen LogP contribution in [0, 0.1) is 6.92 Å². The highest BCUT2D eigenvalue weighted by molar-refractivity contribution is 7.22. The molecule has 0 amide bonds. The molecule has 21 heavy (non-hydrogen) atoms. The van der Waals surface area contributed by atoms with Gasteiger partial charge in [0.05, 0.1) is 16.8 Å². The fraction of sp³-hybridized carbons (Fsp3) is 0.188. The number of halogens is 1. The van der Waals surface area contributed by atoms with Crippen molar-refractivity contribution >= 4 is 44.0 Å². The Morgan fingerprint density at radius 3 is 2.90 bits per heavy atom. The first kappa shape index (κ1) is 14.2. The maximum absolute atomic E-state index is 6.04. The van der Waals surface area contributed by atoms with Crippen molar-refractivity contribution in [2.24, 2.45) is 0 Å². The van der Waals surface area contributed by atoms with Gasteiger partial charge in [-0.3, -0.25) is 0 Å². The Bertz CT molecular complexity index is 785. The van der Waals surface area contributed by atoms with E-state index in [0.29, 0.717) is 11.6 Å². The van der Waals surface area contributed by atoms with Crippen molar-refractivity contribution in [3.8, 4) is 5.75 Å². The third-order valence-corrected chi connectivity index (χ3v) is 4.28. The summed E-state index contributed by atoms with van der Waals surface area (Å²) in [6.07, 6.45) is 0. The predicted molar refractivity (Wildman–Crippen MR) is 90.3 cm³/mol. The van der Waals surface area contributed by atoms with Crippen molar-refractivity contribution in [1.82, 2.24) is 4.98 Å². The Morgan fingerprint density at radius 2 is 2.10 bits per heavy atom. The molecule has 0 aliphatic rings. The molecule has 2 aromatic carbocycles. The van der Waals surface area contributed by atoms with Crippen molar-refractivity contribution in [3.05, 3.63) is 47.0 Å². The van der Waals surface area contributed by atoms with Gasteiger partial charge in [-0.25, -0.2) is 4.98 Å². The number of nitrogens with one attached hydrogen (secondary N) is 1. The number of nitrogens with zero attached hydrogens (tertiary/aromatic N) is 1. The van der Waals surface area contributed by atoms with Gasteiger partial charge in [-0.05, 0) is 49.7 Å². The number of hydrogen-bond acceptors (Lipinski definition) is 4. The summed E-state index contributed by atoms with van der Waals surface area (Å²) in [6.45, 7) is 4.68. The highest BCUT2D eigenvalue weighted by Crippen LogP contribution is 2.32. The quantitative estimate of drug-likeness (QED) is 0.699. The van der Waals surface area contributed by atoms with Crippen molar-refractivity contribution in [2.45, 2.75) is 13.8 Å². The maximum Gasteiger partial charge on any atom is 0.188 e. The highest BCUT2D eigenvalue weighted by atomic mass is 35.5. The van der Waals surface area contributed by atoms with Crippen LogP contribution < -0.4 is 10.1 Å². The summed E-state index contributed by atoms with van der Waals surface area (Å²) in [4.78, 5) is 4.59. The van der Waals surface area contributed by atoms with E-state index in [0.717, 1.165) is 32.3 Å². The van der Waals surface area contributed by atoms with Gasteiger partial charge in [-0.15, -0.1) is 0 Å². The number of benzene rings is 2. The molecule has 0 saturated carbocycles. The van der Waals surface area contributed by atoms with E-state index in [4.69, 9.17) is 16.3 Å². The topological polar surface area (TPSA) is 34.1 Å². The number of hydrogen-bond donors (Lipinski definition) is 1. The van der Waals surface area contributed by atoms with E-state index in [1.54, 1.807) is 11.3 Å². The molecule has 0 unspecified atom stereocenters. The van der Waals surface area contributed by atoms with Gasteiger partial charge in [-0.2, -0.15) is 0 Å². The fourth-order valence-corrected chi connectivity index (χ4v) is 3.14. The van der Waals surface area contributed by atoms with Crippen molar-refractivity contribution < 1.29 is 4.74 Å². The molecule has 1 heterocycles. The van der Waals surface area contributed by atoms with Gasteiger partial charge in [0.1, 0.15) is 5.75 Å². The predicted octanol–water partition coefficient (Wildman–Crippen LogP) is 5.40. The lowest BCUT2D eigenvalue weighted by Crippen LogP contribution is -1.92. The number of ether oxygens (including phenoxy) is 1. The lowest BCUT2D eigenvalue weighted by atomic mass is 10.2. The van der Waals surface area contributed by atoms with Crippen LogP contribution in [-0.4, -0.2) is 11.6 Å². The highest BCUT2D eigenvalue weighted by Gasteiger charge is 2.07. The van der Waals surface area contributed by atoms with E-state index < -0.39 is 0 Å². The summed E-state index contributed by atoms with van der Waals surface area (Å²) >= 11 is 7.65. The monoisotopic (exact) mass is 318 g/mol. The van der Waals surface area contributed by atoms with E-state index in [2.05, 4.69) is 10.3 Å². The zero-order valence-corrected chi connectivity index (χ0v) is 13.4. The van der Waals surface area contributed by atoms with Crippen molar-refractivity contribution in [1.29, 1.82) is 0 Å². The number of anilines is 2. The van der Waals surface area contributed by atoms with Gasteiger partial charge < -0.3 is 10.1 Å². The normalized spacial score (nSPS) is 10.8. The third kappa shape index (κ3) is 3.12. The smallest absolute Gasteiger partial charge is 0.188 e. The molecular formula is C16H15ClN2OS. The van der Waals surface area contributed by atoms with Crippen LogP contribution in [0.25, 0.3) is 10.2 Å². The molecule has 3 rings (SSSR count). The molecule has 0 radical (unpaired) electrons. The molecule has 5 heteroatoms. The molecule has 0 fully saturated rings. The van der Waals surface area contributed by atoms with Crippen LogP contribution >= 0.6 is 22.9 Å². The number of fused-ring (bicyclic) bond motifs is 1. The first-order valence-corrected chi connectivity index (χ1v) is 7.91. The standard InChI is InChI=1S/C16H15ClN2OS/c1-3-20-12-6-7-13-15(9-12)21-16(18-13)19-14-8-11(17)5-4-10(14)2/h4-9H,3H2,1-2H3,(H,18,19). The van der Waals surface area contributed by atoms with Crippen LogP contribution in [0.15, 0.2) is 36.4 Å². The Labute approximate surface area is 132 Å². The van der Waals surface area contributed by atoms with E-state index in [-0.39, 0.29) is 0 Å². The number of aryl methyl sites for hydroxylation is 1. The van der Waals surface area contributed by atoms with Crippen LogP contribution in [-0.2, 0) is 0 Å². The second kappa shape index (κ2) is 5.92. The Kier molecular flexibility index (Phi) is 3.99. The van der Waals surface area contributed by atoms with Crippen LogP contribution in [0.2, 0.25) is 5.02 Å². The number of aromatic nitrogens is 1. The summed E-state index contributed by atoms with van der Waals surface area (Å²) in [7, 11) is 0. The second-order valence-corrected chi connectivity index (χ2v) is 6.13. The third-order valence-electron chi connectivity index (χ3n) is 3.11. The fourth-order valence-electron chi connectivity index (χ4n) is 2.06. The van der Waals surface area contributed by atoms with Crippen LogP contribution in [0.3, 0.4) is 0 Å². The van der Waals surface area contributed by atoms with E-state index in [9.17, 15) is 0 Å². The summed E-state index contributed by atoms with van der Waals surface area (Å²) < 4.78 is 6.62. The summed E-state index contributed by atoms with van der Waals surface area (Å²) in [6, 6.07) is 11.7. The molecule has 1 aromatic heterocycles. The minimum Gasteiger partial charge on any atom is -0.494 e. The van der Waals surface area contributed by atoms with Crippen LogP contribution in [0.4, 0.5) is 10.8 Å². The van der Waals surface area contributed by atoms with Gasteiger partial charge in [0.15, 0.2) is 5.13 Å². The van der Waals surface area contributed by atoms with E-state index in [1.165, 1.54) is 0 Å². The summed E-state index contributed by atoms with van der Waals surface area (Å²) in [5, 5.41) is 4.90. The van der Waals surface area contributed by atoms with Gasteiger partial charge in [-0.1, -0.05) is 29.0 Å². The minimum absolute atomic E-state index is 0.664. The molecule has 108 valence electrons. The van der Waals surface area contributed by atoms with E-state index >= 15 is 0 Å². The molecule has 1 N–H and O–H groups in total. The molecule has 0 atom stereocenters. The average molecular weight is 319 g/mol. The zero-order chi connectivity index (χ0) is 14.8. The van der Waals surface area contributed by atoms with Crippen LogP contribution in [0.5, 0.6) is 5.75 Å². The minimum atomic E-state index is 0.664. The van der Waals surface area contributed by atoms with Gasteiger partial charge >= 0.3 is 0 Å². The Morgan fingerprint density at radius 1 is 1.24 bits per heavy atom. The average Bonchev–Trinajstić information content (AvgIpc) is 2.85. The SMILES string of the molecule is CCOc1ccc2nc(Nc3cc(Cl)ccc3C)sc2c1. The van der Waals surface area contributed by atoms with Gasteiger partial charge in [0.25, 0.3) is 0 Å². The van der Waals surface area contributed by atoms with Crippen molar-refractivity contribution in [3.63, 3.8) is 0 Å². The van der Waals surface area contributed by atoms with E-state index in [1.807, 2.05) is 50.2 Å². The lowest BCUT2D eigenvalue weighted by molar-refractivity contribution is 0.341. The first-order chi connectivity index (χ1) is 10.2. The summed E-state index contributed by atoms with van der Waals surface area (Å²) in [5.41, 5.74) is 3.07. The maximum atomic E-state index is 6.04. The second-order valence-electron chi connectivity index (χ2n) is 4.67. The molecule has 3 nitrogen and oxygen atoms in total. The first-order valence-electron chi connectivity index (χ1n) is 6.72. The summed E-state index contributed by atoms with van der Waals surface area (Å²) in [5.74, 6) is 0.874. The van der Waals surface area contributed by atoms with Crippen molar-refractivity contribution in [2.75, 3.05) is 11.9 Å². The Balaban J connectivity index is 1.92. The molecule has 0 aliphatic carbocycles. The molecule has 0 bridgehead atoms. The lowest BCUT2D eigenvalue weighted by Gasteiger charge is -2.06. The molecule has 0 spiro atoms. The zero-order valence-electron chi connectivity index (χ0n) is 11.8. The van der Waals surface area contributed by atoms with Gasteiger partial charge in [0, 0.05) is 10.7 Å². The van der Waals surface area contributed by atoms with Crippen LogP contribution in [0.1, 0.15) is 12.5 Å². The molecular weight excluding hydrogens is 304 g/mol. The van der Waals surface area contributed by atoms with Gasteiger partial charge in [0.2, 0.25) is 0 Å². The molecule has 0 aliphatic heterocycles. The number of rotatable bonds is 4.